The van der Waals surface area contributed by atoms with Crippen molar-refractivity contribution in [3.63, 3.8) is 0 Å². The van der Waals surface area contributed by atoms with Gasteiger partial charge >= 0.3 is 0 Å². The normalized spacial score (nSPS) is 26.0. The lowest BCUT2D eigenvalue weighted by atomic mass is 10.1. The second-order valence-corrected chi connectivity index (χ2v) is 6.78. The average Bonchev–Trinajstić information content (AvgIpc) is 3.18. The molecule has 3 rings (SSSR count). The van der Waals surface area contributed by atoms with E-state index in [0.29, 0.717) is 23.1 Å². The van der Waals surface area contributed by atoms with Gasteiger partial charge in [-0.25, -0.2) is 0 Å². The Hall–Kier alpha value is -1.01. The second-order valence-electron chi connectivity index (χ2n) is 6.35. The van der Waals surface area contributed by atoms with E-state index in [1.54, 1.807) is 18.2 Å². The van der Waals surface area contributed by atoms with Crippen molar-refractivity contribution in [3.05, 3.63) is 23.2 Å². The van der Waals surface area contributed by atoms with Crippen LogP contribution in [0.3, 0.4) is 0 Å². The minimum absolute atomic E-state index is 0. The summed E-state index contributed by atoms with van der Waals surface area (Å²) in [4.78, 5) is 12.4. The predicted octanol–water partition coefficient (Wildman–Crippen LogP) is 3.39. The summed E-state index contributed by atoms with van der Waals surface area (Å²) in [7, 11) is 0. The Balaban J connectivity index is 0.00000208. The fourth-order valence-corrected chi connectivity index (χ4v) is 3.35. The van der Waals surface area contributed by atoms with E-state index in [2.05, 4.69) is 5.32 Å². The molecule has 1 saturated carbocycles. The van der Waals surface area contributed by atoms with E-state index in [0.717, 1.165) is 38.7 Å². The summed E-state index contributed by atoms with van der Waals surface area (Å²) < 4.78 is 11.4. The molecular weight excluding hydrogens is 351 g/mol. The first-order valence-corrected chi connectivity index (χ1v) is 8.60. The lowest BCUT2D eigenvalue weighted by Gasteiger charge is -2.17. The quantitative estimate of drug-likeness (QED) is 0.828. The molecule has 3 N–H and O–H groups in total. The third-order valence-corrected chi connectivity index (χ3v) is 4.73. The van der Waals surface area contributed by atoms with Gasteiger partial charge in [0, 0.05) is 23.6 Å². The number of carbonyl (C=O) groups excluding carboxylic acids is 1. The fourth-order valence-electron chi connectivity index (χ4n) is 3.17. The van der Waals surface area contributed by atoms with Gasteiger partial charge in [0.25, 0.3) is 0 Å². The minimum atomic E-state index is -0.0324. The molecule has 5 nitrogen and oxygen atoms in total. The Bertz CT molecular complexity index is 565. The van der Waals surface area contributed by atoms with Crippen LogP contribution in [0.5, 0.6) is 5.75 Å². The van der Waals surface area contributed by atoms with Crippen LogP contribution >= 0.6 is 24.0 Å². The van der Waals surface area contributed by atoms with Gasteiger partial charge in [-0.3, -0.25) is 4.79 Å². The van der Waals surface area contributed by atoms with Crippen LogP contribution < -0.4 is 15.8 Å². The molecule has 2 fully saturated rings. The zero-order valence-corrected chi connectivity index (χ0v) is 15.1. The van der Waals surface area contributed by atoms with Crippen LogP contribution in [-0.2, 0) is 9.53 Å². The maximum Gasteiger partial charge on any atom is 0.227 e. The fraction of sp³-hybridized carbons (Fsp3) is 0.588. The molecule has 2 aliphatic rings. The summed E-state index contributed by atoms with van der Waals surface area (Å²) in [6, 6.07) is 5.39. The van der Waals surface area contributed by atoms with Gasteiger partial charge in [-0.1, -0.05) is 11.6 Å². The Morgan fingerprint density at radius 1 is 1.38 bits per heavy atom. The van der Waals surface area contributed by atoms with Crippen molar-refractivity contribution in [2.45, 2.75) is 44.2 Å². The number of carbonyl (C=O) groups is 1. The Morgan fingerprint density at radius 2 is 2.21 bits per heavy atom. The maximum absolute atomic E-state index is 12.4. The standard InChI is InChI=1S/C17H23ClN2O3.ClH/c18-12-4-6-16(23-10-14-2-1-7-22-14)15(9-12)20-17(21)11-3-5-13(19)8-11;/h4,6,9,11,13-14H,1-3,5,7-8,10,19H2,(H,20,21);1H. The van der Waals surface area contributed by atoms with E-state index in [9.17, 15) is 4.79 Å². The highest BCUT2D eigenvalue weighted by Gasteiger charge is 2.28. The topological polar surface area (TPSA) is 73.6 Å². The molecule has 1 amide bonds. The maximum atomic E-state index is 12.4. The third-order valence-electron chi connectivity index (χ3n) is 4.49. The number of amides is 1. The van der Waals surface area contributed by atoms with Crippen molar-refractivity contribution >= 4 is 35.6 Å². The first-order chi connectivity index (χ1) is 11.1. The highest BCUT2D eigenvalue weighted by molar-refractivity contribution is 6.31. The number of anilines is 1. The van der Waals surface area contributed by atoms with E-state index in [1.165, 1.54) is 0 Å². The van der Waals surface area contributed by atoms with Gasteiger partial charge in [-0.05, 0) is 50.3 Å². The second kappa shape index (κ2) is 8.90. The molecule has 134 valence electrons. The van der Waals surface area contributed by atoms with Crippen molar-refractivity contribution < 1.29 is 14.3 Å². The Kier molecular flexibility index (Phi) is 7.16. The molecule has 1 aliphatic carbocycles. The van der Waals surface area contributed by atoms with Crippen molar-refractivity contribution in [1.82, 2.24) is 0 Å². The number of benzene rings is 1. The number of halogens is 2. The number of rotatable bonds is 5. The van der Waals surface area contributed by atoms with E-state index in [-0.39, 0.29) is 36.4 Å². The summed E-state index contributed by atoms with van der Waals surface area (Å²) in [6.45, 7) is 1.28. The van der Waals surface area contributed by atoms with E-state index in [1.807, 2.05) is 0 Å². The SMILES string of the molecule is Cl.NC1CCC(C(=O)Nc2cc(Cl)ccc2OCC2CCCO2)C1. The number of nitrogens with two attached hydrogens (primary N) is 1. The molecule has 1 aliphatic heterocycles. The molecule has 0 spiro atoms. The molecule has 3 unspecified atom stereocenters. The van der Waals surface area contributed by atoms with Crippen LogP contribution in [0.4, 0.5) is 5.69 Å². The van der Waals surface area contributed by atoms with Gasteiger partial charge in [0.1, 0.15) is 12.4 Å². The zero-order valence-electron chi connectivity index (χ0n) is 13.5. The highest BCUT2D eigenvalue weighted by Crippen LogP contribution is 2.31. The van der Waals surface area contributed by atoms with Crippen LogP contribution in [0.25, 0.3) is 0 Å². The van der Waals surface area contributed by atoms with Gasteiger partial charge in [-0.15, -0.1) is 12.4 Å². The predicted molar refractivity (Wildman–Crippen MR) is 97.1 cm³/mol. The summed E-state index contributed by atoms with van der Waals surface area (Å²) in [6.07, 6.45) is 4.67. The highest BCUT2D eigenvalue weighted by atomic mass is 35.5. The molecule has 7 heteroatoms. The molecule has 1 heterocycles. The molecule has 1 saturated heterocycles. The molecule has 0 radical (unpaired) electrons. The van der Waals surface area contributed by atoms with Gasteiger partial charge < -0.3 is 20.5 Å². The summed E-state index contributed by atoms with van der Waals surface area (Å²) in [5.74, 6) is 0.581. The number of hydrogen-bond acceptors (Lipinski definition) is 4. The zero-order chi connectivity index (χ0) is 16.2. The number of nitrogens with one attached hydrogen (secondary N) is 1. The molecule has 1 aromatic carbocycles. The Morgan fingerprint density at radius 3 is 2.88 bits per heavy atom. The van der Waals surface area contributed by atoms with Gasteiger partial charge in [0.2, 0.25) is 5.91 Å². The Labute approximate surface area is 153 Å². The van der Waals surface area contributed by atoms with Gasteiger partial charge in [-0.2, -0.15) is 0 Å². The molecular formula is C17H24Cl2N2O3. The summed E-state index contributed by atoms with van der Waals surface area (Å²) >= 11 is 6.06. The molecule has 0 bridgehead atoms. The largest absolute Gasteiger partial charge is 0.489 e. The van der Waals surface area contributed by atoms with Crippen molar-refractivity contribution in [2.24, 2.45) is 11.7 Å². The summed E-state index contributed by atoms with van der Waals surface area (Å²) in [5, 5.41) is 3.51. The van der Waals surface area contributed by atoms with Crippen LogP contribution in [-0.4, -0.2) is 31.3 Å². The monoisotopic (exact) mass is 374 g/mol. The first kappa shape index (κ1) is 19.3. The molecule has 24 heavy (non-hydrogen) atoms. The average molecular weight is 375 g/mol. The van der Waals surface area contributed by atoms with Crippen LogP contribution in [0, 0.1) is 5.92 Å². The van der Waals surface area contributed by atoms with Crippen LogP contribution in [0.2, 0.25) is 5.02 Å². The van der Waals surface area contributed by atoms with Crippen molar-refractivity contribution in [3.8, 4) is 5.75 Å². The molecule has 0 aromatic heterocycles. The lowest BCUT2D eigenvalue weighted by molar-refractivity contribution is -0.119. The first-order valence-electron chi connectivity index (χ1n) is 8.22. The van der Waals surface area contributed by atoms with Crippen molar-refractivity contribution in [2.75, 3.05) is 18.5 Å². The van der Waals surface area contributed by atoms with Crippen LogP contribution in [0.1, 0.15) is 32.1 Å². The molecule has 3 atom stereocenters. The van der Waals surface area contributed by atoms with Crippen LogP contribution in [0.15, 0.2) is 18.2 Å². The smallest absolute Gasteiger partial charge is 0.227 e. The van der Waals surface area contributed by atoms with Gasteiger partial charge in [0.05, 0.1) is 11.8 Å². The molecule has 1 aromatic rings. The summed E-state index contributed by atoms with van der Waals surface area (Å²) in [5.41, 5.74) is 6.50. The van der Waals surface area contributed by atoms with Gasteiger partial charge in [0.15, 0.2) is 0 Å². The minimum Gasteiger partial charge on any atom is -0.489 e. The van der Waals surface area contributed by atoms with E-state index >= 15 is 0 Å². The van der Waals surface area contributed by atoms with E-state index in [4.69, 9.17) is 26.8 Å². The van der Waals surface area contributed by atoms with E-state index < -0.39 is 0 Å². The number of hydrogen-bond donors (Lipinski definition) is 2. The lowest BCUT2D eigenvalue weighted by Crippen LogP contribution is -2.24. The third kappa shape index (κ3) is 4.99. The number of ether oxygens (including phenoxy) is 2. The van der Waals surface area contributed by atoms with Crippen molar-refractivity contribution in [1.29, 1.82) is 0 Å².